The average molecular weight is 342 g/mol. The summed E-state index contributed by atoms with van der Waals surface area (Å²) in [5.74, 6) is 0.225. The first-order valence-electron chi connectivity index (χ1n) is 8.36. The largest absolute Gasteiger partial charge is 0.367 e. The number of hydrogen-bond donors (Lipinski definition) is 2. The van der Waals surface area contributed by atoms with E-state index < -0.39 is 6.10 Å². The molecule has 7 nitrogen and oxygen atoms in total. The molecule has 2 N–H and O–H groups in total. The predicted octanol–water partition coefficient (Wildman–Crippen LogP) is 1.24. The van der Waals surface area contributed by atoms with Crippen LogP contribution in [0.15, 0.2) is 47.5 Å². The second kappa shape index (κ2) is 7.94. The van der Waals surface area contributed by atoms with Crippen molar-refractivity contribution in [2.75, 3.05) is 25.1 Å². The third-order valence-corrected chi connectivity index (χ3v) is 4.33. The zero-order chi connectivity index (χ0) is 17.6. The summed E-state index contributed by atoms with van der Waals surface area (Å²) in [6, 6.07) is 9.35. The smallest absolute Gasteiger partial charge is 0.290 e. The molecule has 1 aromatic heterocycles. The number of H-pyrrole nitrogens is 1. The lowest BCUT2D eigenvalue weighted by Crippen LogP contribution is -2.50. The number of rotatable bonds is 5. The fourth-order valence-electron chi connectivity index (χ4n) is 3.16. The summed E-state index contributed by atoms with van der Waals surface area (Å²) in [5, 5.41) is 3.04. The molecular formula is C18H22N4O3. The van der Waals surface area contributed by atoms with Gasteiger partial charge in [-0.1, -0.05) is 30.3 Å². The lowest BCUT2D eigenvalue weighted by molar-refractivity contribution is -0.132. The molecule has 0 spiro atoms. The van der Waals surface area contributed by atoms with Crippen molar-refractivity contribution in [1.82, 2.24) is 15.3 Å². The van der Waals surface area contributed by atoms with E-state index in [2.05, 4.69) is 15.3 Å². The molecule has 1 aliphatic heterocycles. The van der Waals surface area contributed by atoms with Crippen LogP contribution < -0.4 is 15.8 Å². The summed E-state index contributed by atoms with van der Waals surface area (Å²) in [4.78, 5) is 33.2. The minimum Gasteiger partial charge on any atom is -0.367 e. The van der Waals surface area contributed by atoms with Gasteiger partial charge in [0, 0.05) is 38.6 Å². The number of ether oxygens (including phenoxy) is 1. The molecule has 1 fully saturated rings. The first-order chi connectivity index (χ1) is 12.2. The Bertz CT molecular complexity index is 762. The summed E-state index contributed by atoms with van der Waals surface area (Å²) in [5.41, 5.74) is 0.602. The Labute approximate surface area is 146 Å². The third-order valence-electron chi connectivity index (χ3n) is 4.33. The quantitative estimate of drug-likeness (QED) is 0.854. The van der Waals surface area contributed by atoms with E-state index in [0.717, 1.165) is 24.9 Å². The van der Waals surface area contributed by atoms with Gasteiger partial charge >= 0.3 is 0 Å². The maximum atomic E-state index is 12.6. The first kappa shape index (κ1) is 17.2. The van der Waals surface area contributed by atoms with Gasteiger partial charge in [0.25, 0.3) is 11.5 Å². The molecule has 3 rings (SSSR count). The van der Waals surface area contributed by atoms with Crippen LogP contribution in [0.3, 0.4) is 0 Å². The average Bonchev–Trinajstić information content (AvgIpc) is 2.64. The van der Waals surface area contributed by atoms with Crippen molar-refractivity contribution in [3.63, 3.8) is 0 Å². The third kappa shape index (κ3) is 4.06. The van der Waals surface area contributed by atoms with Crippen LogP contribution in [0.1, 0.15) is 24.5 Å². The number of piperidine rings is 1. The minimum atomic E-state index is -0.644. The van der Waals surface area contributed by atoms with Crippen molar-refractivity contribution in [3.05, 3.63) is 58.6 Å². The molecule has 1 aromatic carbocycles. The molecule has 7 heteroatoms. The van der Waals surface area contributed by atoms with Gasteiger partial charge in [-0.05, 0) is 18.4 Å². The van der Waals surface area contributed by atoms with E-state index in [1.165, 1.54) is 13.3 Å². The maximum absolute atomic E-state index is 12.6. The highest BCUT2D eigenvalue weighted by molar-refractivity contribution is 5.82. The van der Waals surface area contributed by atoms with Crippen molar-refractivity contribution < 1.29 is 9.53 Å². The van der Waals surface area contributed by atoms with E-state index in [1.54, 1.807) is 6.20 Å². The van der Waals surface area contributed by atoms with Crippen molar-refractivity contribution in [2.24, 2.45) is 0 Å². The highest BCUT2D eigenvalue weighted by Gasteiger charge is 2.27. The Kier molecular flexibility index (Phi) is 5.45. The number of aromatic amines is 1. The number of aromatic nitrogens is 2. The number of nitrogens with one attached hydrogen (secondary N) is 2. The van der Waals surface area contributed by atoms with Crippen molar-refractivity contribution in [3.8, 4) is 0 Å². The number of anilines is 1. The van der Waals surface area contributed by atoms with Crippen LogP contribution in [-0.2, 0) is 9.53 Å². The number of benzene rings is 1. The molecule has 0 unspecified atom stereocenters. The number of nitrogens with zero attached hydrogens (tertiary/aromatic N) is 2. The molecule has 2 atom stereocenters. The topological polar surface area (TPSA) is 87.3 Å². The predicted molar refractivity (Wildman–Crippen MR) is 94.4 cm³/mol. The molecule has 132 valence electrons. The standard InChI is InChI=1S/C18H22N4O3/c1-25-15(13-6-3-2-4-7-13)17(23)21-14-8-5-11-22(12-14)16-18(24)20-10-9-19-16/h2-4,6-7,9-10,14-15H,5,8,11-12H2,1H3,(H,20,24)(H,21,23)/t14-,15+/m1/s1. The highest BCUT2D eigenvalue weighted by atomic mass is 16.5. The number of amides is 1. The van der Waals surface area contributed by atoms with Gasteiger partial charge in [0.2, 0.25) is 0 Å². The molecular weight excluding hydrogens is 320 g/mol. The van der Waals surface area contributed by atoms with E-state index in [1.807, 2.05) is 35.2 Å². The van der Waals surface area contributed by atoms with Crippen LogP contribution in [0.2, 0.25) is 0 Å². The van der Waals surface area contributed by atoms with Gasteiger partial charge in [-0.25, -0.2) is 4.98 Å². The van der Waals surface area contributed by atoms with E-state index in [4.69, 9.17) is 4.74 Å². The van der Waals surface area contributed by atoms with E-state index >= 15 is 0 Å². The Hall–Kier alpha value is -2.67. The van der Waals surface area contributed by atoms with Gasteiger partial charge in [0.1, 0.15) is 0 Å². The van der Waals surface area contributed by atoms with Gasteiger partial charge in [-0.3, -0.25) is 9.59 Å². The first-order valence-corrected chi connectivity index (χ1v) is 8.36. The number of hydrogen-bond acceptors (Lipinski definition) is 5. The molecule has 0 aliphatic carbocycles. The monoisotopic (exact) mass is 342 g/mol. The van der Waals surface area contributed by atoms with Gasteiger partial charge in [-0.2, -0.15) is 0 Å². The molecule has 0 saturated carbocycles. The Morgan fingerprint density at radius 3 is 2.92 bits per heavy atom. The molecule has 25 heavy (non-hydrogen) atoms. The van der Waals surface area contributed by atoms with Crippen LogP contribution in [0.4, 0.5) is 5.82 Å². The second-order valence-electron chi connectivity index (χ2n) is 6.06. The zero-order valence-electron chi connectivity index (χ0n) is 14.1. The van der Waals surface area contributed by atoms with Crippen molar-refractivity contribution in [1.29, 1.82) is 0 Å². The lowest BCUT2D eigenvalue weighted by Gasteiger charge is -2.34. The van der Waals surface area contributed by atoms with E-state index in [-0.39, 0.29) is 17.5 Å². The number of methoxy groups -OCH3 is 1. The van der Waals surface area contributed by atoms with Crippen molar-refractivity contribution in [2.45, 2.75) is 25.0 Å². The zero-order valence-corrected chi connectivity index (χ0v) is 14.1. The molecule has 2 heterocycles. The van der Waals surface area contributed by atoms with Gasteiger partial charge < -0.3 is 19.9 Å². The Morgan fingerprint density at radius 1 is 1.40 bits per heavy atom. The Morgan fingerprint density at radius 2 is 2.20 bits per heavy atom. The van der Waals surface area contributed by atoms with Gasteiger partial charge in [-0.15, -0.1) is 0 Å². The second-order valence-corrected chi connectivity index (χ2v) is 6.06. The normalized spacial score (nSPS) is 18.6. The Balaban J connectivity index is 1.67. The molecule has 2 aromatic rings. The maximum Gasteiger partial charge on any atom is 0.290 e. The van der Waals surface area contributed by atoms with E-state index in [0.29, 0.717) is 12.4 Å². The summed E-state index contributed by atoms with van der Waals surface area (Å²) >= 11 is 0. The molecule has 1 saturated heterocycles. The van der Waals surface area contributed by atoms with Gasteiger partial charge in [0.05, 0.1) is 0 Å². The fraction of sp³-hybridized carbons (Fsp3) is 0.389. The van der Waals surface area contributed by atoms with Crippen LogP contribution >= 0.6 is 0 Å². The van der Waals surface area contributed by atoms with Crippen LogP contribution in [-0.4, -0.2) is 42.1 Å². The van der Waals surface area contributed by atoms with Crippen LogP contribution in [0, 0.1) is 0 Å². The molecule has 1 aliphatic rings. The number of carbonyl (C=O) groups excluding carboxylic acids is 1. The summed E-state index contributed by atoms with van der Waals surface area (Å²) in [6.45, 7) is 1.30. The summed E-state index contributed by atoms with van der Waals surface area (Å²) in [7, 11) is 1.53. The fourth-order valence-corrected chi connectivity index (χ4v) is 3.16. The summed E-state index contributed by atoms with van der Waals surface area (Å²) in [6.07, 6.45) is 4.17. The highest BCUT2D eigenvalue weighted by Crippen LogP contribution is 2.19. The molecule has 1 amide bonds. The molecule has 0 bridgehead atoms. The summed E-state index contributed by atoms with van der Waals surface area (Å²) < 4.78 is 5.38. The SMILES string of the molecule is CO[C@H](C(=O)N[C@@H]1CCCN(c2ncc[nH]c2=O)C1)c1ccccc1. The van der Waals surface area contributed by atoms with E-state index in [9.17, 15) is 9.59 Å². The van der Waals surface area contributed by atoms with Crippen LogP contribution in [0.5, 0.6) is 0 Å². The molecule has 0 radical (unpaired) electrons. The lowest BCUT2D eigenvalue weighted by atomic mass is 10.0. The number of carbonyl (C=O) groups is 1. The minimum absolute atomic E-state index is 0.0518. The van der Waals surface area contributed by atoms with Gasteiger partial charge in [0.15, 0.2) is 11.9 Å². The van der Waals surface area contributed by atoms with Crippen molar-refractivity contribution >= 4 is 11.7 Å². The van der Waals surface area contributed by atoms with Crippen LogP contribution in [0.25, 0.3) is 0 Å².